The highest BCUT2D eigenvalue weighted by atomic mass is 32.2. The first kappa shape index (κ1) is 21.8. The van der Waals surface area contributed by atoms with Crippen LogP contribution in [0.3, 0.4) is 0 Å². The summed E-state index contributed by atoms with van der Waals surface area (Å²) in [6, 6.07) is 8.30. The summed E-state index contributed by atoms with van der Waals surface area (Å²) < 4.78 is 80.0. The van der Waals surface area contributed by atoms with Gasteiger partial charge in [0.2, 0.25) is 11.7 Å². The molecule has 2 aromatic carbocycles. The van der Waals surface area contributed by atoms with Crippen LogP contribution in [0, 0.1) is 36.0 Å². The van der Waals surface area contributed by atoms with Crippen LogP contribution >= 0.6 is 11.8 Å². The number of nitrogens with zero attached hydrogens (tertiary/aromatic N) is 2. The van der Waals surface area contributed by atoms with Crippen LogP contribution in [0.15, 0.2) is 40.1 Å². The van der Waals surface area contributed by atoms with E-state index in [2.05, 4.69) is 5.10 Å². The van der Waals surface area contributed by atoms with Gasteiger partial charge in [0.25, 0.3) is 0 Å². The van der Waals surface area contributed by atoms with Gasteiger partial charge in [-0.1, -0.05) is 30.0 Å². The zero-order chi connectivity index (χ0) is 22.0. The van der Waals surface area contributed by atoms with Crippen LogP contribution in [0.2, 0.25) is 0 Å². The molecule has 30 heavy (non-hydrogen) atoms. The summed E-state index contributed by atoms with van der Waals surface area (Å²) in [7, 11) is 1.26. The van der Waals surface area contributed by atoms with Crippen molar-refractivity contribution in [3.05, 3.63) is 65.1 Å². The number of carbonyl (C=O) groups is 1. The second-order valence-electron chi connectivity index (χ2n) is 5.88. The van der Waals surface area contributed by atoms with E-state index >= 15 is 0 Å². The largest absolute Gasteiger partial charge is 0.404 e. The van der Waals surface area contributed by atoms with Crippen LogP contribution in [0.4, 0.5) is 22.0 Å². The van der Waals surface area contributed by atoms with Crippen molar-refractivity contribution >= 4 is 17.7 Å². The van der Waals surface area contributed by atoms with E-state index < -0.39 is 46.6 Å². The van der Waals surface area contributed by atoms with Gasteiger partial charge in [-0.15, -0.1) is 0 Å². The summed E-state index contributed by atoms with van der Waals surface area (Å²) >= 11 is 0.209. The van der Waals surface area contributed by atoms with Gasteiger partial charge in [0.05, 0.1) is 21.2 Å². The number of benzene rings is 2. The average Bonchev–Trinajstić information content (AvgIpc) is 3.04. The Labute approximate surface area is 171 Å². The Morgan fingerprint density at radius 3 is 2.10 bits per heavy atom. The number of ether oxygens (including phenoxy) is 2. The lowest BCUT2D eigenvalue weighted by Crippen LogP contribution is -2.16. The maximum atomic E-state index is 14.2. The molecule has 0 amide bonds. The molecule has 0 aliphatic carbocycles. The van der Waals surface area contributed by atoms with E-state index in [1.54, 1.807) is 30.3 Å². The van der Waals surface area contributed by atoms with Crippen molar-refractivity contribution in [1.82, 2.24) is 9.78 Å². The van der Waals surface area contributed by atoms with E-state index in [0.717, 1.165) is 0 Å². The fourth-order valence-corrected chi connectivity index (χ4v) is 3.44. The molecule has 0 fully saturated rings. The topological polar surface area (TPSA) is 53.4 Å². The van der Waals surface area contributed by atoms with Crippen molar-refractivity contribution in [2.24, 2.45) is 0 Å². The van der Waals surface area contributed by atoms with E-state index in [1.165, 1.54) is 18.7 Å². The first-order valence-corrected chi connectivity index (χ1v) is 9.11. The lowest BCUT2D eigenvalue weighted by atomic mass is 10.3. The van der Waals surface area contributed by atoms with Gasteiger partial charge in [0.1, 0.15) is 6.61 Å². The van der Waals surface area contributed by atoms with Crippen molar-refractivity contribution in [3.8, 4) is 11.6 Å². The van der Waals surface area contributed by atoms with E-state index in [1.807, 2.05) is 0 Å². The van der Waals surface area contributed by atoms with Gasteiger partial charge in [-0.3, -0.25) is 0 Å². The maximum absolute atomic E-state index is 14.2. The number of esters is 1. The van der Waals surface area contributed by atoms with E-state index in [4.69, 9.17) is 9.47 Å². The van der Waals surface area contributed by atoms with Crippen LogP contribution in [0.1, 0.15) is 5.69 Å². The van der Waals surface area contributed by atoms with Gasteiger partial charge in [-0.05, 0) is 19.1 Å². The third-order valence-corrected chi connectivity index (χ3v) is 5.05. The predicted octanol–water partition coefficient (Wildman–Crippen LogP) is 4.58. The molecular weight excluding hydrogens is 431 g/mol. The molecule has 1 heterocycles. The highest BCUT2D eigenvalue weighted by Crippen LogP contribution is 2.42. The highest BCUT2D eigenvalue weighted by Gasteiger charge is 2.30. The van der Waals surface area contributed by atoms with Gasteiger partial charge in [-0.25, -0.2) is 26.7 Å². The minimum atomic E-state index is -2.27. The second-order valence-corrected chi connectivity index (χ2v) is 6.90. The number of rotatable bonds is 6. The Morgan fingerprint density at radius 1 is 0.967 bits per heavy atom. The summed E-state index contributed by atoms with van der Waals surface area (Å²) in [5.41, 5.74) is 0.568. The molecule has 0 atom stereocenters. The molecule has 0 N–H and O–H groups in total. The summed E-state index contributed by atoms with van der Waals surface area (Å²) in [5, 5.41) is 4.18. The van der Waals surface area contributed by atoms with E-state index in [0.29, 0.717) is 5.69 Å². The molecular formula is C19H13F5N2O3S. The Kier molecular flexibility index (Phi) is 6.42. The van der Waals surface area contributed by atoms with Crippen molar-refractivity contribution in [3.63, 3.8) is 0 Å². The molecule has 3 aromatic rings. The fraction of sp³-hybridized carbons (Fsp3) is 0.158. The molecule has 0 radical (unpaired) electrons. The monoisotopic (exact) mass is 444 g/mol. The van der Waals surface area contributed by atoms with E-state index in [-0.39, 0.29) is 28.2 Å². The van der Waals surface area contributed by atoms with Crippen LogP contribution in [-0.2, 0) is 9.53 Å². The standard InChI is InChI=1S/C19H13F5N2O3S/c1-9-17(30-18-15(23)13(21)12(20)14(22)16(18)24)19(29-11(27)8-28-2)26(25-9)10-6-4-3-5-7-10/h3-7H,8H2,1-2H3. The third-order valence-electron chi connectivity index (χ3n) is 3.81. The maximum Gasteiger partial charge on any atom is 0.338 e. The second kappa shape index (κ2) is 8.84. The minimum Gasteiger partial charge on any atom is -0.404 e. The predicted molar refractivity (Wildman–Crippen MR) is 96.2 cm³/mol. The molecule has 0 saturated carbocycles. The normalized spacial score (nSPS) is 11.0. The van der Waals surface area contributed by atoms with Crippen LogP contribution < -0.4 is 4.74 Å². The molecule has 158 valence electrons. The Morgan fingerprint density at radius 2 is 1.53 bits per heavy atom. The van der Waals surface area contributed by atoms with Crippen molar-refractivity contribution in [2.45, 2.75) is 16.7 Å². The molecule has 5 nitrogen and oxygen atoms in total. The Hall–Kier alpha value is -2.92. The molecule has 11 heteroatoms. The summed E-state index contributed by atoms with van der Waals surface area (Å²) in [4.78, 5) is 10.7. The molecule has 0 bridgehead atoms. The number of hydrogen-bond donors (Lipinski definition) is 0. The number of hydrogen-bond acceptors (Lipinski definition) is 5. The molecule has 0 spiro atoms. The number of para-hydroxylation sites is 1. The van der Waals surface area contributed by atoms with Crippen molar-refractivity contribution < 1.29 is 36.2 Å². The van der Waals surface area contributed by atoms with Gasteiger partial charge >= 0.3 is 5.97 Å². The molecule has 1 aromatic heterocycles. The zero-order valence-corrected chi connectivity index (χ0v) is 16.3. The molecule has 0 aliphatic heterocycles. The molecule has 0 saturated heterocycles. The fourth-order valence-electron chi connectivity index (χ4n) is 2.47. The zero-order valence-electron chi connectivity index (χ0n) is 15.5. The molecule has 0 unspecified atom stereocenters. The third kappa shape index (κ3) is 4.03. The lowest BCUT2D eigenvalue weighted by Gasteiger charge is -2.11. The van der Waals surface area contributed by atoms with Gasteiger partial charge < -0.3 is 9.47 Å². The quantitative estimate of drug-likeness (QED) is 0.241. The first-order valence-electron chi connectivity index (χ1n) is 8.30. The average molecular weight is 444 g/mol. The number of halogens is 5. The Bertz CT molecular complexity index is 1080. The Balaban J connectivity index is 2.16. The summed E-state index contributed by atoms with van der Waals surface area (Å²) in [6.45, 7) is 0.993. The summed E-state index contributed by atoms with van der Waals surface area (Å²) in [5.74, 6) is -11.5. The molecule has 0 aliphatic rings. The smallest absolute Gasteiger partial charge is 0.338 e. The van der Waals surface area contributed by atoms with E-state index in [9.17, 15) is 26.7 Å². The van der Waals surface area contributed by atoms with Crippen LogP contribution in [0.25, 0.3) is 5.69 Å². The highest BCUT2D eigenvalue weighted by molar-refractivity contribution is 7.99. The lowest BCUT2D eigenvalue weighted by molar-refractivity contribution is -0.139. The van der Waals surface area contributed by atoms with Crippen molar-refractivity contribution in [2.75, 3.05) is 13.7 Å². The summed E-state index contributed by atoms with van der Waals surface area (Å²) in [6.07, 6.45) is 0. The number of carbonyl (C=O) groups excluding carboxylic acids is 1. The number of methoxy groups -OCH3 is 1. The minimum absolute atomic E-state index is 0.105. The van der Waals surface area contributed by atoms with Gasteiger partial charge in [0, 0.05) is 7.11 Å². The van der Waals surface area contributed by atoms with Gasteiger partial charge in [-0.2, -0.15) is 9.78 Å². The number of aromatic nitrogens is 2. The van der Waals surface area contributed by atoms with Crippen LogP contribution in [-0.4, -0.2) is 29.5 Å². The van der Waals surface area contributed by atoms with Crippen LogP contribution in [0.5, 0.6) is 5.88 Å². The number of aryl methyl sites for hydroxylation is 1. The van der Waals surface area contributed by atoms with Crippen molar-refractivity contribution in [1.29, 1.82) is 0 Å². The van der Waals surface area contributed by atoms with Gasteiger partial charge in [0.15, 0.2) is 23.3 Å². The SMILES string of the molecule is COCC(=O)Oc1c(Sc2c(F)c(F)c(F)c(F)c2F)c(C)nn1-c1ccccc1. The molecule has 3 rings (SSSR count). The first-order chi connectivity index (χ1) is 14.3.